The molecule has 0 aliphatic carbocycles. The molecule has 0 amide bonds. The van der Waals surface area contributed by atoms with E-state index < -0.39 is 0 Å². The molecule has 0 bridgehead atoms. The highest BCUT2D eigenvalue weighted by atomic mass is 14.0. The van der Waals surface area contributed by atoms with Gasteiger partial charge in [-0.15, -0.1) is 0 Å². The van der Waals surface area contributed by atoms with Gasteiger partial charge in [-0.2, -0.15) is 0 Å². The maximum Gasteiger partial charge on any atom is -0.0260 e. The smallest absolute Gasteiger partial charge is 0.0260 e. The van der Waals surface area contributed by atoms with Crippen molar-refractivity contribution < 1.29 is 0 Å². The summed E-state index contributed by atoms with van der Waals surface area (Å²) >= 11 is 0. The molecule has 0 rings (SSSR count). The van der Waals surface area contributed by atoms with Crippen molar-refractivity contribution in [2.45, 2.75) is 48.5 Å². The molecule has 0 atom stereocenters. The zero-order valence-corrected chi connectivity index (χ0v) is 8.58. The van der Waals surface area contributed by atoms with Crippen molar-refractivity contribution in [3.8, 4) is 0 Å². The highest BCUT2D eigenvalue weighted by Crippen LogP contribution is 2.11. The van der Waals surface area contributed by atoms with Crippen LogP contribution in [0.3, 0.4) is 0 Å². The Bertz CT molecular complexity index is 92.6. The Morgan fingerprint density at radius 1 is 0.900 bits per heavy atom. The Balaban J connectivity index is 0. The average molecular weight is 142 g/mol. The van der Waals surface area contributed by atoms with E-state index >= 15 is 0 Å². The van der Waals surface area contributed by atoms with Crippen LogP contribution >= 0.6 is 0 Å². The lowest BCUT2D eigenvalue weighted by Crippen LogP contribution is -1.89. The highest BCUT2D eigenvalue weighted by molar-refractivity contribution is 5.08. The number of rotatable bonds is 1. The summed E-state index contributed by atoms with van der Waals surface area (Å²) in [7, 11) is 0. The summed E-state index contributed by atoms with van der Waals surface area (Å²) in [5, 5.41) is 0. The first-order valence-corrected chi connectivity index (χ1v) is 4.19. The molecule has 0 aliphatic rings. The molecule has 62 valence electrons. The van der Waals surface area contributed by atoms with Gasteiger partial charge in [0.05, 0.1) is 0 Å². The van der Waals surface area contributed by atoms with Crippen molar-refractivity contribution in [1.82, 2.24) is 0 Å². The van der Waals surface area contributed by atoms with E-state index in [0.29, 0.717) is 0 Å². The molecule has 0 unspecified atom stereocenters. The molecule has 0 fully saturated rings. The summed E-state index contributed by atoms with van der Waals surface area (Å²) < 4.78 is 0. The molecule has 0 saturated carbocycles. The Labute approximate surface area is 66.3 Å². The molecule has 0 nitrogen and oxygen atoms in total. The second-order valence-corrected chi connectivity index (χ2v) is 2.84. The number of hydrogen-bond acceptors (Lipinski definition) is 0. The van der Waals surface area contributed by atoms with Crippen LogP contribution in [0.15, 0.2) is 11.1 Å². The fraction of sp³-hybridized carbons (Fsp3) is 0.800. The van der Waals surface area contributed by atoms with Gasteiger partial charge in [-0.1, -0.05) is 38.8 Å². The molecule has 0 heteroatoms. The maximum atomic E-state index is 2.22. The van der Waals surface area contributed by atoms with Crippen molar-refractivity contribution >= 4 is 0 Å². The van der Waals surface area contributed by atoms with Gasteiger partial charge in [0.1, 0.15) is 0 Å². The number of hydrogen-bond donors (Lipinski definition) is 0. The normalized spacial score (nSPS) is 8.40. The van der Waals surface area contributed by atoms with Crippen LogP contribution in [-0.4, -0.2) is 0 Å². The maximum absolute atomic E-state index is 2.22. The van der Waals surface area contributed by atoms with Gasteiger partial charge >= 0.3 is 0 Å². The van der Waals surface area contributed by atoms with Crippen LogP contribution < -0.4 is 0 Å². The summed E-state index contributed by atoms with van der Waals surface area (Å²) in [4.78, 5) is 0. The van der Waals surface area contributed by atoms with Crippen molar-refractivity contribution in [3.05, 3.63) is 11.1 Å². The number of allylic oxidation sites excluding steroid dienone is 2. The lowest BCUT2D eigenvalue weighted by molar-refractivity contribution is 0.756. The van der Waals surface area contributed by atoms with E-state index in [1.807, 2.05) is 13.8 Å². The van der Waals surface area contributed by atoms with Crippen molar-refractivity contribution in [3.63, 3.8) is 0 Å². The van der Waals surface area contributed by atoms with Gasteiger partial charge in [-0.3, -0.25) is 0 Å². The highest BCUT2D eigenvalue weighted by Gasteiger charge is 1.95. The minimum atomic E-state index is 0.722. The fourth-order valence-electron chi connectivity index (χ4n) is 0.577. The van der Waals surface area contributed by atoms with Crippen LogP contribution in [0, 0.1) is 5.92 Å². The standard InChI is InChI=1S/C8H16.C2H6/c1-6(2)8(5)7(3)4;1-2/h6H,1-5H3;1-2H3. The van der Waals surface area contributed by atoms with E-state index in [-0.39, 0.29) is 0 Å². The molecule has 0 saturated heterocycles. The summed E-state index contributed by atoms with van der Waals surface area (Å²) in [5.41, 5.74) is 2.98. The summed E-state index contributed by atoms with van der Waals surface area (Å²) in [5.74, 6) is 0.722. The first kappa shape index (κ1) is 12.4. The Kier molecular flexibility index (Phi) is 8.51. The van der Waals surface area contributed by atoms with E-state index in [0.717, 1.165) is 5.92 Å². The SMILES string of the molecule is CC.CC(C)=C(C)C(C)C. The monoisotopic (exact) mass is 142 g/mol. The first-order valence-electron chi connectivity index (χ1n) is 4.19. The van der Waals surface area contributed by atoms with Crippen LogP contribution in [0.1, 0.15) is 48.5 Å². The second kappa shape index (κ2) is 6.85. The van der Waals surface area contributed by atoms with E-state index in [9.17, 15) is 0 Å². The molecular formula is C10H22. The summed E-state index contributed by atoms with van der Waals surface area (Å²) in [6.07, 6.45) is 0. The van der Waals surface area contributed by atoms with Crippen molar-refractivity contribution in [2.75, 3.05) is 0 Å². The minimum absolute atomic E-state index is 0.722. The molecule has 0 spiro atoms. The molecular weight excluding hydrogens is 120 g/mol. The molecule has 0 aromatic rings. The molecule has 0 aromatic heterocycles. The van der Waals surface area contributed by atoms with Gasteiger partial charge in [0.25, 0.3) is 0 Å². The third-order valence-electron chi connectivity index (χ3n) is 1.65. The quantitative estimate of drug-likeness (QED) is 0.485. The van der Waals surface area contributed by atoms with Gasteiger partial charge in [0, 0.05) is 0 Å². The molecule has 0 heterocycles. The zero-order valence-electron chi connectivity index (χ0n) is 8.58. The first-order chi connectivity index (χ1) is 4.55. The Morgan fingerprint density at radius 3 is 1.20 bits per heavy atom. The van der Waals surface area contributed by atoms with Crippen molar-refractivity contribution in [1.29, 1.82) is 0 Å². The largest absolute Gasteiger partial charge is 0.0773 e. The van der Waals surface area contributed by atoms with E-state index in [1.54, 1.807) is 0 Å². The van der Waals surface area contributed by atoms with Gasteiger partial charge in [-0.05, 0) is 26.7 Å². The fourth-order valence-corrected chi connectivity index (χ4v) is 0.577. The Hall–Kier alpha value is -0.260. The van der Waals surface area contributed by atoms with Crippen LogP contribution in [0.2, 0.25) is 0 Å². The van der Waals surface area contributed by atoms with Crippen molar-refractivity contribution in [2.24, 2.45) is 5.92 Å². The third kappa shape index (κ3) is 5.87. The van der Waals surface area contributed by atoms with E-state index in [2.05, 4.69) is 34.6 Å². The van der Waals surface area contributed by atoms with E-state index in [4.69, 9.17) is 0 Å². The van der Waals surface area contributed by atoms with Gasteiger partial charge in [0.15, 0.2) is 0 Å². The average Bonchev–Trinajstić information content (AvgIpc) is 1.90. The topological polar surface area (TPSA) is 0 Å². The molecule has 0 radical (unpaired) electrons. The Morgan fingerprint density at radius 2 is 1.20 bits per heavy atom. The van der Waals surface area contributed by atoms with Crippen LogP contribution in [-0.2, 0) is 0 Å². The van der Waals surface area contributed by atoms with E-state index in [1.165, 1.54) is 11.1 Å². The molecule has 0 aromatic carbocycles. The third-order valence-corrected chi connectivity index (χ3v) is 1.65. The molecule has 10 heavy (non-hydrogen) atoms. The zero-order chi connectivity index (χ0) is 8.73. The van der Waals surface area contributed by atoms with Crippen LogP contribution in [0.4, 0.5) is 0 Å². The predicted molar refractivity (Wildman–Crippen MR) is 50.2 cm³/mol. The molecule has 0 N–H and O–H groups in total. The van der Waals surface area contributed by atoms with Gasteiger partial charge in [0.2, 0.25) is 0 Å². The molecule has 0 aliphatic heterocycles. The van der Waals surface area contributed by atoms with Gasteiger partial charge in [-0.25, -0.2) is 0 Å². The summed E-state index contributed by atoms with van der Waals surface area (Å²) in [6, 6.07) is 0. The summed E-state index contributed by atoms with van der Waals surface area (Å²) in [6.45, 7) is 15.0. The van der Waals surface area contributed by atoms with Crippen LogP contribution in [0.25, 0.3) is 0 Å². The minimum Gasteiger partial charge on any atom is -0.0773 e. The van der Waals surface area contributed by atoms with Gasteiger partial charge < -0.3 is 0 Å². The van der Waals surface area contributed by atoms with Crippen LogP contribution in [0.5, 0.6) is 0 Å². The lowest BCUT2D eigenvalue weighted by atomic mass is 10.0. The predicted octanol–water partition coefficient (Wildman–Crippen LogP) is 4.02. The lowest BCUT2D eigenvalue weighted by Gasteiger charge is -2.05. The second-order valence-electron chi connectivity index (χ2n) is 2.84.